The second-order valence-electron chi connectivity index (χ2n) is 4.37. The molecule has 0 saturated carbocycles. The van der Waals surface area contributed by atoms with Gasteiger partial charge in [-0.15, -0.1) is 0 Å². The third-order valence-corrected chi connectivity index (χ3v) is 2.94. The van der Waals surface area contributed by atoms with Gasteiger partial charge in [0.05, 0.1) is 6.54 Å². The lowest BCUT2D eigenvalue weighted by Gasteiger charge is -2.20. The SMILES string of the molecule is CN(Cc1ccon1)C(=O)CN1CCN(C)C1=O. The molecule has 0 unspecified atom stereocenters. The van der Waals surface area contributed by atoms with E-state index in [1.807, 2.05) is 0 Å². The van der Waals surface area contributed by atoms with E-state index >= 15 is 0 Å². The summed E-state index contributed by atoms with van der Waals surface area (Å²) in [5.74, 6) is -0.110. The fraction of sp³-hybridized carbons (Fsp3) is 0.545. The highest BCUT2D eigenvalue weighted by molar-refractivity contribution is 5.84. The zero-order valence-corrected chi connectivity index (χ0v) is 10.5. The van der Waals surface area contributed by atoms with Crippen LogP contribution < -0.4 is 0 Å². The van der Waals surface area contributed by atoms with Crippen LogP contribution in [-0.4, -0.2) is 65.5 Å². The molecule has 0 bridgehead atoms. The molecular formula is C11H16N4O3. The Bertz CT molecular complexity index is 432. The van der Waals surface area contributed by atoms with Gasteiger partial charge in [-0.05, 0) is 0 Å². The molecule has 0 aromatic carbocycles. The number of carbonyl (C=O) groups excluding carboxylic acids is 2. The monoisotopic (exact) mass is 252 g/mol. The van der Waals surface area contributed by atoms with E-state index in [0.29, 0.717) is 25.3 Å². The minimum Gasteiger partial charge on any atom is -0.364 e. The molecule has 1 aromatic rings. The molecule has 0 atom stereocenters. The minimum atomic E-state index is -0.110. The minimum absolute atomic E-state index is 0.0989. The van der Waals surface area contributed by atoms with Crippen molar-refractivity contribution in [2.75, 3.05) is 33.7 Å². The van der Waals surface area contributed by atoms with Gasteiger partial charge in [-0.3, -0.25) is 4.79 Å². The third-order valence-electron chi connectivity index (χ3n) is 2.94. The molecule has 1 aromatic heterocycles. The molecule has 0 spiro atoms. The number of urea groups is 1. The van der Waals surface area contributed by atoms with Gasteiger partial charge in [0.2, 0.25) is 5.91 Å². The number of hydrogen-bond donors (Lipinski definition) is 0. The second-order valence-corrected chi connectivity index (χ2v) is 4.37. The Morgan fingerprint density at radius 2 is 2.33 bits per heavy atom. The fourth-order valence-electron chi connectivity index (χ4n) is 1.78. The molecule has 7 heteroatoms. The average molecular weight is 252 g/mol. The van der Waals surface area contributed by atoms with Crippen LogP contribution in [0.5, 0.6) is 0 Å². The Labute approximate surface area is 105 Å². The van der Waals surface area contributed by atoms with E-state index in [-0.39, 0.29) is 18.5 Å². The molecule has 3 amide bonds. The summed E-state index contributed by atoms with van der Waals surface area (Å²) in [6, 6.07) is 1.61. The number of nitrogens with zero attached hydrogens (tertiary/aromatic N) is 4. The van der Waals surface area contributed by atoms with Crippen molar-refractivity contribution in [3.8, 4) is 0 Å². The molecule has 0 radical (unpaired) electrons. The van der Waals surface area contributed by atoms with Crippen LogP contribution in [0.2, 0.25) is 0 Å². The first kappa shape index (κ1) is 12.4. The first-order chi connectivity index (χ1) is 8.58. The van der Waals surface area contributed by atoms with Crippen molar-refractivity contribution in [3.63, 3.8) is 0 Å². The highest BCUT2D eigenvalue weighted by atomic mass is 16.5. The molecule has 0 aliphatic carbocycles. The Hall–Kier alpha value is -2.05. The summed E-state index contributed by atoms with van der Waals surface area (Å²) in [6.45, 7) is 1.75. The van der Waals surface area contributed by atoms with Crippen molar-refractivity contribution in [2.45, 2.75) is 6.54 Å². The van der Waals surface area contributed by atoms with Gasteiger partial charge in [0.1, 0.15) is 18.5 Å². The molecule has 98 valence electrons. The van der Waals surface area contributed by atoms with Gasteiger partial charge >= 0.3 is 6.03 Å². The van der Waals surface area contributed by atoms with E-state index in [1.165, 1.54) is 11.2 Å². The normalized spacial score (nSPS) is 15.3. The molecule has 1 aliphatic heterocycles. The highest BCUT2D eigenvalue weighted by Crippen LogP contribution is 2.07. The topological polar surface area (TPSA) is 69.9 Å². The first-order valence-corrected chi connectivity index (χ1v) is 5.71. The fourth-order valence-corrected chi connectivity index (χ4v) is 1.78. The summed E-state index contributed by atoms with van der Waals surface area (Å²) in [6.07, 6.45) is 1.46. The van der Waals surface area contributed by atoms with E-state index in [9.17, 15) is 9.59 Å². The standard InChI is InChI=1S/C11H16N4O3/c1-13-4-5-15(11(13)17)8-10(16)14(2)7-9-3-6-18-12-9/h3,6H,4-5,7-8H2,1-2H3. The smallest absolute Gasteiger partial charge is 0.320 e. The Kier molecular flexibility index (Phi) is 3.50. The van der Waals surface area contributed by atoms with Crippen LogP contribution in [0.25, 0.3) is 0 Å². The molecule has 1 fully saturated rings. The van der Waals surface area contributed by atoms with Crippen molar-refractivity contribution >= 4 is 11.9 Å². The number of amides is 3. The lowest BCUT2D eigenvalue weighted by atomic mass is 10.4. The van der Waals surface area contributed by atoms with Crippen molar-refractivity contribution in [1.29, 1.82) is 0 Å². The third kappa shape index (κ3) is 2.61. The maximum Gasteiger partial charge on any atom is 0.320 e. The van der Waals surface area contributed by atoms with Gasteiger partial charge in [-0.1, -0.05) is 5.16 Å². The van der Waals surface area contributed by atoms with Crippen LogP contribution >= 0.6 is 0 Å². The molecule has 2 rings (SSSR count). The zero-order valence-electron chi connectivity index (χ0n) is 10.5. The number of aromatic nitrogens is 1. The predicted molar refractivity (Wildman–Crippen MR) is 62.6 cm³/mol. The second kappa shape index (κ2) is 5.07. The van der Waals surface area contributed by atoms with Gasteiger partial charge in [0.15, 0.2) is 0 Å². The largest absolute Gasteiger partial charge is 0.364 e. The molecular weight excluding hydrogens is 236 g/mol. The van der Waals surface area contributed by atoms with Gasteiger partial charge in [0, 0.05) is 33.3 Å². The summed E-state index contributed by atoms with van der Waals surface area (Å²) in [5.41, 5.74) is 0.690. The van der Waals surface area contributed by atoms with E-state index in [4.69, 9.17) is 4.52 Å². The van der Waals surface area contributed by atoms with Gasteiger partial charge < -0.3 is 19.2 Å². The number of likely N-dealkylation sites (N-methyl/N-ethyl adjacent to an activating group) is 2. The molecule has 7 nitrogen and oxygen atoms in total. The van der Waals surface area contributed by atoms with Crippen LogP contribution in [0.4, 0.5) is 4.79 Å². The summed E-state index contributed by atoms with van der Waals surface area (Å²) in [5, 5.41) is 3.74. The molecule has 0 N–H and O–H groups in total. The average Bonchev–Trinajstić information content (AvgIpc) is 2.94. The summed E-state index contributed by atoms with van der Waals surface area (Å²) >= 11 is 0. The quantitative estimate of drug-likeness (QED) is 0.756. The van der Waals surface area contributed by atoms with Crippen LogP contribution in [0, 0.1) is 0 Å². The van der Waals surface area contributed by atoms with Crippen LogP contribution in [0.1, 0.15) is 5.69 Å². The molecule has 1 saturated heterocycles. The summed E-state index contributed by atoms with van der Waals surface area (Å²) in [4.78, 5) is 28.2. The predicted octanol–water partition coefficient (Wildman–Crippen LogP) is 0.000400. The number of rotatable bonds is 4. The maximum absolute atomic E-state index is 11.9. The molecule has 2 heterocycles. The van der Waals surface area contributed by atoms with E-state index < -0.39 is 0 Å². The van der Waals surface area contributed by atoms with Crippen LogP contribution in [-0.2, 0) is 11.3 Å². The summed E-state index contributed by atoms with van der Waals surface area (Å²) < 4.78 is 4.70. The first-order valence-electron chi connectivity index (χ1n) is 5.71. The zero-order chi connectivity index (χ0) is 13.1. The van der Waals surface area contributed by atoms with Crippen LogP contribution in [0.3, 0.4) is 0 Å². The van der Waals surface area contributed by atoms with Gasteiger partial charge in [-0.25, -0.2) is 4.79 Å². The molecule has 18 heavy (non-hydrogen) atoms. The van der Waals surface area contributed by atoms with Gasteiger partial charge in [-0.2, -0.15) is 0 Å². The number of carbonyl (C=O) groups is 2. The Morgan fingerprint density at radius 3 is 2.89 bits per heavy atom. The van der Waals surface area contributed by atoms with Crippen LogP contribution in [0.15, 0.2) is 16.9 Å². The number of hydrogen-bond acceptors (Lipinski definition) is 4. The lowest BCUT2D eigenvalue weighted by Crippen LogP contribution is -2.39. The molecule has 1 aliphatic rings. The summed E-state index contributed by atoms with van der Waals surface area (Å²) in [7, 11) is 3.41. The van der Waals surface area contributed by atoms with E-state index in [0.717, 1.165) is 0 Å². The van der Waals surface area contributed by atoms with Crippen molar-refractivity contribution in [1.82, 2.24) is 19.9 Å². The lowest BCUT2D eigenvalue weighted by molar-refractivity contribution is -0.130. The highest BCUT2D eigenvalue weighted by Gasteiger charge is 2.27. The van der Waals surface area contributed by atoms with E-state index in [2.05, 4.69) is 5.16 Å². The van der Waals surface area contributed by atoms with Crippen molar-refractivity contribution in [3.05, 3.63) is 18.0 Å². The van der Waals surface area contributed by atoms with E-state index in [1.54, 1.807) is 30.0 Å². The Balaban J connectivity index is 1.86. The van der Waals surface area contributed by atoms with Crippen molar-refractivity contribution < 1.29 is 14.1 Å². The Morgan fingerprint density at radius 1 is 1.56 bits per heavy atom. The van der Waals surface area contributed by atoms with Gasteiger partial charge in [0.25, 0.3) is 0 Å². The maximum atomic E-state index is 11.9. The van der Waals surface area contributed by atoms with Crippen molar-refractivity contribution in [2.24, 2.45) is 0 Å².